The van der Waals surface area contributed by atoms with Crippen molar-refractivity contribution >= 4 is 33.5 Å². The molecule has 1 N–H and O–H groups in total. The minimum Gasteiger partial charge on any atom is -0.478 e. The number of carbonyl (C=O) groups is 1. The molecule has 0 saturated heterocycles. The van der Waals surface area contributed by atoms with Crippen LogP contribution < -0.4 is 0 Å². The summed E-state index contributed by atoms with van der Waals surface area (Å²) in [5.74, 6) is -2.12. The van der Waals surface area contributed by atoms with Crippen LogP contribution in [0.2, 0.25) is 5.15 Å². The molecular weight excluding hydrogens is 252 g/mol. The van der Waals surface area contributed by atoms with Crippen molar-refractivity contribution < 1.29 is 14.3 Å². The molecule has 1 heterocycles. The zero-order valence-electron chi connectivity index (χ0n) is 5.51. The van der Waals surface area contributed by atoms with Crippen molar-refractivity contribution in [1.82, 2.24) is 4.98 Å². The standard InChI is InChI=1S/C6H2BrClFNO2/c7-3-2(6(11)12)1-10-5(8)4(3)9/h1H,(H,11,12). The van der Waals surface area contributed by atoms with E-state index in [1.54, 1.807) is 0 Å². The fourth-order valence-corrected chi connectivity index (χ4v) is 1.31. The Morgan fingerprint density at radius 2 is 2.33 bits per heavy atom. The van der Waals surface area contributed by atoms with Gasteiger partial charge in [0.2, 0.25) is 0 Å². The van der Waals surface area contributed by atoms with E-state index in [0.717, 1.165) is 6.20 Å². The van der Waals surface area contributed by atoms with Crippen molar-refractivity contribution in [3.8, 4) is 0 Å². The molecule has 0 aliphatic rings. The van der Waals surface area contributed by atoms with Gasteiger partial charge in [0.05, 0.1) is 10.0 Å². The van der Waals surface area contributed by atoms with E-state index in [2.05, 4.69) is 20.9 Å². The second kappa shape index (κ2) is 3.37. The molecule has 64 valence electrons. The third-order valence-corrected chi connectivity index (χ3v) is 2.19. The van der Waals surface area contributed by atoms with Crippen LogP contribution in [0.15, 0.2) is 10.7 Å². The predicted molar refractivity (Wildman–Crippen MR) is 43.9 cm³/mol. The summed E-state index contributed by atoms with van der Waals surface area (Å²) in [7, 11) is 0. The Balaban J connectivity index is 3.36. The topological polar surface area (TPSA) is 50.2 Å². The van der Waals surface area contributed by atoms with Crippen molar-refractivity contribution in [2.45, 2.75) is 0 Å². The lowest BCUT2D eigenvalue weighted by atomic mass is 10.3. The van der Waals surface area contributed by atoms with Gasteiger partial charge in [0, 0.05) is 6.20 Å². The summed E-state index contributed by atoms with van der Waals surface area (Å²) < 4.78 is 12.7. The molecule has 0 spiro atoms. The highest BCUT2D eigenvalue weighted by molar-refractivity contribution is 9.10. The van der Waals surface area contributed by atoms with Crippen LogP contribution in [0.25, 0.3) is 0 Å². The number of hydrogen-bond donors (Lipinski definition) is 1. The molecule has 12 heavy (non-hydrogen) atoms. The van der Waals surface area contributed by atoms with E-state index in [4.69, 9.17) is 16.7 Å². The molecule has 1 aromatic heterocycles. The van der Waals surface area contributed by atoms with Crippen LogP contribution in [0.4, 0.5) is 4.39 Å². The third-order valence-electron chi connectivity index (χ3n) is 1.15. The highest BCUT2D eigenvalue weighted by Gasteiger charge is 2.15. The number of halogens is 3. The second-order valence-corrected chi connectivity index (χ2v) is 3.05. The lowest BCUT2D eigenvalue weighted by Gasteiger charge is -1.99. The Morgan fingerprint density at radius 1 is 1.75 bits per heavy atom. The van der Waals surface area contributed by atoms with Gasteiger partial charge in [-0.25, -0.2) is 14.2 Å². The molecule has 3 nitrogen and oxygen atoms in total. The first-order valence-corrected chi connectivity index (χ1v) is 3.94. The number of aromatic nitrogens is 1. The number of nitrogens with zero attached hydrogens (tertiary/aromatic N) is 1. The Bertz CT molecular complexity index is 345. The first-order chi connectivity index (χ1) is 5.54. The van der Waals surface area contributed by atoms with Gasteiger partial charge < -0.3 is 5.11 Å². The maximum Gasteiger partial charge on any atom is 0.338 e. The van der Waals surface area contributed by atoms with E-state index in [0.29, 0.717) is 0 Å². The SMILES string of the molecule is O=C(O)c1cnc(Cl)c(F)c1Br. The highest BCUT2D eigenvalue weighted by atomic mass is 79.9. The number of rotatable bonds is 1. The summed E-state index contributed by atoms with van der Waals surface area (Å²) in [6.45, 7) is 0. The molecule has 0 saturated carbocycles. The fraction of sp³-hybridized carbons (Fsp3) is 0. The van der Waals surface area contributed by atoms with Gasteiger partial charge in [-0.05, 0) is 15.9 Å². The number of carboxylic acids is 1. The highest BCUT2D eigenvalue weighted by Crippen LogP contribution is 2.24. The van der Waals surface area contributed by atoms with Crippen LogP contribution in [0.5, 0.6) is 0 Å². The summed E-state index contributed by atoms with van der Waals surface area (Å²) in [5, 5.41) is 8.15. The Hall–Kier alpha value is -0.680. The molecule has 0 aliphatic carbocycles. The summed E-state index contributed by atoms with van der Waals surface area (Å²) in [6.07, 6.45) is 0.984. The molecule has 0 aromatic carbocycles. The number of aromatic carboxylic acids is 1. The zero-order chi connectivity index (χ0) is 9.30. The summed E-state index contributed by atoms with van der Waals surface area (Å²) in [4.78, 5) is 13.7. The van der Waals surface area contributed by atoms with Gasteiger partial charge in [-0.1, -0.05) is 11.6 Å². The summed E-state index contributed by atoms with van der Waals surface area (Å²) >= 11 is 8.03. The zero-order valence-corrected chi connectivity index (χ0v) is 7.86. The van der Waals surface area contributed by atoms with Gasteiger partial charge in [0.25, 0.3) is 0 Å². The molecule has 1 rings (SSSR count). The van der Waals surface area contributed by atoms with E-state index < -0.39 is 11.8 Å². The summed E-state index contributed by atoms with van der Waals surface area (Å²) in [5.41, 5.74) is -0.253. The molecule has 0 aliphatic heterocycles. The van der Waals surface area contributed by atoms with Crippen molar-refractivity contribution in [3.63, 3.8) is 0 Å². The molecule has 0 fully saturated rings. The van der Waals surface area contributed by atoms with Crippen molar-refractivity contribution in [1.29, 1.82) is 0 Å². The van der Waals surface area contributed by atoms with Crippen molar-refractivity contribution in [3.05, 3.63) is 27.2 Å². The fourth-order valence-electron chi connectivity index (χ4n) is 0.592. The van der Waals surface area contributed by atoms with Crippen molar-refractivity contribution in [2.24, 2.45) is 0 Å². The van der Waals surface area contributed by atoms with Crippen LogP contribution in [0.3, 0.4) is 0 Å². The van der Waals surface area contributed by atoms with Gasteiger partial charge in [0.1, 0.15) is 0 Å². The van der Waals surface area contributed by atoms with E-state index in [1.165, 1.54) is 0 Å². The lowest BCUT2D eigenvalue weighted by molar-refractivity contribution is 0.0694. The predicted octanol–water partition coefficient (Wildman–Crippen LogP) is 2.33. The van der Waals surface area contributed by atoms with Crippen LogP contribution in [-0.4, -0.2) is 16.1 Å². The van der Waals surface area contributed by atoms with Gasteiger partial charge in [-0.3, -0.25) is 0 Å². The average Bonchev–Trinajstić information content (AvgIpc) is 2.00. The van der Waals surface area contributed by atoms with E-state index in [9.17, 15) is 9.18 Å². The van der Waals surface area contributed by atoms with Crippen LogP contribution in [0.1, 0.15) is 10.4 Å². The smallest absolute Gasteiger partial charge is 0.338 e. The van der Waals surface area contributed by atoms with E-state index in [-0.39, 0.29) is 15.2 Å². The number of hydrogen-bond acceptors (Lipinski definition) is 2. The normalized spacial score (nSPS) is 9.92. The third kappa shape index (κ3) is 1.56. The number of carboxylic acid groups (broad SMARTS) is 1. The maximum atomic E-state index is 12.8. The van der Waals surface area contributed by atoms with Gasteiger partial charge in [-0.2, -0.15) is 0 Å². The van der Waals surface area contributed by atoms with E-state index >= 15 is 0 Å². The van der Waals surface area contributed by atoms with E-state index in [1.807, 2.05) is 0 Å². The van der Waals surface area contributed by atoms with Gasteiger partial charge >= 0.3 is 5.97 Å². The quantitative estimate of drug-likeness (QED) is 0.783. The monoisotopic (exact) mass is 253 g/mol. The molecule has 1 aromatic rings. The van der Waals surface area contributed by atoms with Crippen molar-refractivity contribution in [2.75, 3.05) is 0 Å². The molecule has 0 unspecified atom stereocenters. The summed E-state index contributed by atoms with van der Waals surface area (Å²) in [6, 6.07) is 0. The molecule has 0 amide bonds. The Labute approximate surface area is 80.3 Å². The molecule has 6 heteroatoms. The minimum absolute atomic E-state index is 0.185. The lowest BCUT2D eigenvalue weighted by Crippen LogP contribution is -2.01. The number of pyridine rings is 1. The molecule has 0 bridgehead atoms. The Morgan fingerprint density at radius 3 is 2.83 bits per heavy atom. The van der Waals surface area contributed by atoms with Gasteiger partial charge in [0.15, 0.2) is 11.0 Å². The molecular formula is C6H2BrClFNO2. The first kappa shape index (κ1) is 9.41. The molecule has 0 atom stereocenters. The van der Waals surface area contributed by atoms with Crippen LogP contribution in [-0.2, 0) is 0 Å². The van der Waals surface area contributed by atoms with Crippen LogP contribution >= 0.6 is 27.5 Å². The molecule has 0 radical (unpaired) electrons. The Kier molecular flexibility index (Phi) is 2.64. The average molecular weight is 254 g/mol. The second-order valence-electron chi connectivity index (χ2n) is 1.90. The minimum atomic E-state index is -1.26. The van der Waals surface area contributed by atoms with Crippen LogP contribution in [0, 0.1) is 5.82 Å². The maximum absolute atomic E-state index is 12.8. The largest absolute Gasteiger partial charge is 0.478 e. The van der Waals surface area contributed by atoms with Gasteiger partial charge in [-0.15, -0.1) is 0 Å². The first-order valence-electron chi connectivity index (χ1n) is 2.77.